The smallest absolute Gasteiger partial charge is 0.356 e. The standard InChI is InChI=1S/C31H30N2O8S/c1-6-39-29(36)23-18(4)26(31(38)40-7-2)42-27(23)32-22(34)16-41-30(37)25-24(19-14-12-17(3)13-15-19)20-10-8-9-11-21(20)28(35)33(25)5/h8-15H,6-7,16H2,1-5H3,(H,32,34). The highest BCUT2D eigenvalue weighted by atomic mass is 32.1. The second-order valence-corrected chi connectivity index (χ2v) is 10.3. The molecule has 11 heteroatoms. The minimum absolute atomic E-state index is 0.0147. The van der Waals surface area contributed by atoms with Crippen LogP contribution in [0.15, 0.2) is 53.3 Å². The highest BCUT2D eigenvalue weighted by molar-refractivity contribution is 7.18. The molecule has 0 saturated carbocycles. The summed E-state index contributed by atoms with van der Waals surface area (Å²) in [6.07, 6.45) is 0. The van der Waals surface area contributed by atoms with Gasteiger partial charge in [-0.1, -0.05) is 48.0 Å². The van der Waals surface area contributed by atoms with E-state index in [1.807, 2.05) is 31.2 Å². The van der Waals surface area contributed by atoms with Crippen LogP contribution in [-0.2, 0) is 26.1 Å². The Hall–Kier alpha value is -4.77. The molecular formula is C31H30N2O8S. The minimum atomic E-state index is -0.883. The molecule has 2 aromatic carbocycles. The molecule has 4 aromatic rings. The highest BCUT2D eigenvalue weighted by Gasteiger charge is 2.28. The number of nitrogens with one attached hydrogen (secondary N) is 1. The number of nitrogens with zero attached hydrogens (tertiary/aromatic N) is 1. The maximum atomic E-state index is 13.5. The molecule has 0 bridgehead atoms. The molecule has 0 aliphatic carbocycles. The van der Waals surface area contributed by atoms with Crippen LogP contribution in [0.4, 0.5) is 5.00 Å². The van der Waals surface area contributed by atoms with Gasteiger partial charge >= 0.3 is 17.9 Å². The summed E-state index contributed by atoms with van der Waals surface area (Å²) < 4.78 is 16.8. The van der Waals surface area contributed by atoms with E-state index in [2.05, 4.69) is 5.32 Å². The van der Waals surface area contributed by atoms with Gasteiger partial charge in [0.1, 0.15) is 15.6 Å². The molecule has 0 atom stereocenters. The third kappa shape index (κ3) is 5.96. The van der Waals surface area contributed by atoms with E-state index in [0.717, 1.165) is 16.9 Å². The van der Waals surface area contributed by atoms with Crippen LogP contribution in [0.2, 0.25) is 0 Å². The fourth-order valence-electron chi connectivity index (χ4n) is 4.52. The molecule has 2 aromatic heterocycles. The van der Waals surface area contributed by atoms with Gasteiger partial charge in [0.15, 0.2) is 6.61 Å². The molecule has 0 unspecified atom stereocenters. The SMILES string of the molecule is CCOC(=O)c1sc(NC(=O)COC(=O)c2c(-c3ccc(C)cc3)c3ccccc3c(=O)n2C)c(C(=O)OCC)c1C. The van der Waals surface area contributed by atoms with Crippen molar-refractivity contribution in [1.82, 2.24) is 4.57 Å². The molecule has 42 heavy (non-hydrogen) atoms. The summed E-state index contributed by atoms with van der Waals surface area (Å²) >= 11 is 0.861. The Morgan fingerprint density at radius 2 is 1.45 bits per heavy atom. The highest BCUT2D eigenvalue weighted by Crippen LogP contribution is 2.35. The minimum Gasteiger partial charge on any atom is -0.462 e. The summed E-state index contributed by atoms with van der Waals surface area (Å²) in [5.74, 6) is -3.00. The first-order valence-electron chi connectivity index (χ1n) is 13.2. The molecular weight excluding hydrogens is 560 g/mol. The van der Waals surface area contributed by atoms with Gasteiger partial charge in [0.05, 0.1) is 18.8 Å². The predicted octanol–water partition coefficient (Wildman–Crippen LogP) is 5.03. The van der Waals surface area contributed by atoms with E-state index in [-0.39, 0.29) is 34.3 Å². The van der Waals surface area contributed by atoms with Crippen molar-refractivity contribution in [3.8, 4) is 11.1 Å². The van der Waals surface area contributed by atoms with E-state index in [1.165, 1.54) is 11.6 Å². The van der Waals surface area contributed by atoms with Crippen LogP contribution < -0.4 is 10.9 Å². The van der Waals surface area contributed by atoms with Gasteiger partial charge in [-0.15, -0.1) is 11.3 Å². The molecule has 0 radical (unpaired) electrons. The number of ether oxygens (including phenoxy) is 3. The van der Waals surface area contributed by atoms with E-state index < -0.39 is 36.0 Å². The van der Waals surface area contributed by atoms with Crippen LogP contribution in [0, 0.1) is 13.8 Å². The summed E-state index contributed by atoms with van der Waals surface area (Å²) in [5, 5.41) is 3.61. The Kier molecular flexibility index (Phi) is 9.21. The lowest BCUT2D eigenvalue weighted by Gasteiger charge is -2.17. The van der Waals surface area contributed by atoms with Crippen molar-refractivity contribution in [2.75, 3.05) is 25.1 Å². The first kappa shape index (κ1) is 30.2. The van der Waals surface area contributed by atoms with Gasteiger partial charge in [-0.05, 0) is 50.3 Å². The zero-order valence-electron chi connectivity index (χ0n) is 23.9. The van der Waals surface area contributed by atoms with Crippen LogP contribution in [0.3, 0.4) is 0 Å². The number of fused-ring (bicyclic) bond motifs is 1. The van der Waals surface area contributed by atoms with E-state index in [1.54, 1.807) is 45.0 Å². The lowest BCUT2D eigenvalue weighted by Crippen LogP contribution is -2.28. The molecule has 0 fully saturated rings. The lowest BCUT2D eigenvalue weighted by molar-refractivity contribution is -0.119. The van der Waals surface area contributed by atoms with Crippen molar-refractivity contribution < 1.29 is 33.4 Å². The molecule has 1 amide bonds. The summed E-state index contributed by atoms with van der Waals surface area (Å²) in [6, 6.07) is 14.5. The Labute approximate surface area is 245 Å². The number of hydrogen-bond acceptors (Lipinski definition) is 9. The Balaban J connectivity index is 1.65. The number of pyridine rings is 1. The molecule has 2 heterocycles. The van der Waals surface area contributed by atoms with Gasteiger partial charge in [0, 0.05) is 18.0 Å². The largest absolute Gasteiger partial charge is 0.462 e. The third-order valence-corrected chi connectivity index (χ3v) is 7.70. The number of anilines is 1. The van der Waals surface area contributed by atoms with Crippen molar-refractivity contribution >= 4 is 50.9 Å². The summed E-state index contributed by atoms with van der Waals surface area (Å²) in [7, 11) is 1.47. The van der Waals surface area contributed by atoms with Gasteiger partial charge in [0.25, 0.3) is 11.5 Å². The van der Waals surface area contributed by atoms with Crippen LogP contribution >= 0.6 is 11.3 Å². The average Bonchev–Trinajstić information content (AvgIpc) is 3.29. The lowest BCUT2D eigenvalue weighted by atomic mass is 9.96. The van der Waals surface area contributed by atoms with Gasteiger partial charge < -0.3 is 24.1 Å². The second kappa shape index (κ2) is 12.8. The third-order valence-electron chi connectivity index (χ3n) is 6.51. The number of amides is 1. The first-order chi connectivity index (χ1) is 20.1. The van der Waals surface area contributed by atoms with Gasteiger partial charge in [-0.2, -0.15) is 0 Å². The molecule has 10 nitrogen and oxygen atoms in total. The van der Waals surface area contributed by atoms with E-state index in [0.29, 0.717) is 27.5 Å². The molecule has 1 N–H and O–H groups in total. The molecule has 218 valence electrons. The molecule has 0 spiro atoms. The number of aryl methyl sites for hydroxylation is 1. The average molecular weight is 591 g/mol. The molecule has 0 aliphatic rings. The maximum Gasteiger partial charge on any atom is 0.356 e. The Bertz CT molecular complexity index is 1750. The second-order valence-electron chi connectivity index (χ2n) is 9.32. The quantitative estimate of drug-likeness (QED) is 0.212. The fourth-order valence-corrected chi connectivity index (χ4v) is 5.63. The van der Waals surface area contributed by atoms with Crippen LogP contribution in [0.25, 0.3) is 21.9 Å². The van der Waals surface area contributed by atoms with Crippen LogP contribution in [-0.4, -0.2) is 48.2 Å². The summed E-state index contributed by atoms with van der Waals surface area (Å²) in [5.41, 5.74) is 2.13. The number of carbonyl (C=O) groups is 4. The van der Waals surface area contributed by atoms with E-state index in [9.17, 15) is 24.0 Å². The van der Waals surface area contributed by atoms with Crippen molar-refractivity contribution in [2.45, 2.75) is 27.7 Å². The van der Waals surface area contributed by atoms with Crippen LogP contribution in [0.5, 0.6) is 0 Å². The van der Waals surface area contributed by atoms with Crippen molar-refractivity contribution in [2.24, 2.45) is 7.05 Å². The predicted molar refractivity (Wildman–Crippen MR) is 159 cm³/mol. The molecule has 0 aliphatic heterocycles. The maximum absolute atomic E-state index is 13.5. The van der Waals surface area contributed by atoms with Crippen molar-refractivity contribution in [3.63, 3.8) is 0 Å². The fraction of sp³-hybridized carbons (Fsp3) is 0.258. The zero-order chi connectivity index (χ0) is 30.6. The van der Waals surface area contributed by atoms with Gasteiger partial charge in [-0.3, -0.25) is 9.59 Å². The summed E-state index contributed by atoms with van der Waals surface area (Å²) in [4.78, 5) is 64.8. The number of hydrogen-bond donors (Lipinski definition) is 1. The number of esters is 3. The Morgan fingerprint density at radius 1 is 0.833 bits per heavy atom. The number of thiophene rings is 1. The zero-order valence-corrected chi connectivity index (χ0v) is 24.7. The van der Waals surface area contributed by atoms with Gasteiger partial charge in [0.2, 0.25) is 0 Å². The molecule has 0 saturated heterocycles. The number of rotatable bonds is 9. The normalized spacial score (nSPS) is 10.8. The number of benzene rings is 2. The molecule has 4 rings (SSSR count). The monoisotopic (exact) mass is 590 g/mol. The van der Waals surface area contributed by atoms with Crippen molar-refractivity contribution in [3.05, 3.63) is 86.1 Å². The number of carbonyl (C=O) groups excluding carboxylic acids is 4. The van der Waals surface area contributed by atoms with E-state index in [4.69, 9.17) is 14.2 Å². The first-order valence-corrected chi connectivity index (χ1v) is 14.0. The van der Waals surface area contributed by atoms with Crippen molar-refractivity contribution in [1.29, 1.82) is 0 Å². The topological polar surface area (TPSA) is 130 Å². The number of aromatic nitrogens is 1. The van der Waals surface area contributed by atoms with Crippen LogP contribution in [0.1, 0.15) is 55.5 Å². The van der Waals surface area contributed by atoms with E-state index >= 15 is 0 Å². The summed E-state index contributed by atoms with van der Waals surface area (Å²) in [6.45, 7) is 6.27. The Morgan fingerprint density at radius 3 is 2.10 bits per heavy atom. The van der Waals surface area contributed by atoms with Gasteiger partial charge in [-0.25, -0.2) is 14.4 Å².